The molecule has 0 aliphatic carbocycles. The Labute approximate surface area is 118 Å². The van der Waals surface area contributed by atoms with Crippen LogP contribution in [-0.2, 0) is 4.79 Å². The quantitative estimate of drug-likeness (QED) is 0.520. The van der Waals surface area contributed by atoms with Crippen molar-refractivity contribution in [3.8, 4) is 0 Å². The predicted molar refractivity (Wildman–Crippen MR) is 76.5 cm³/mol. The van der Waals surface area contributed by atoms with Gasteiger partial charge in [-0.25, -0.2) is 0 Å². The lowest BCUT2D eigenvalue weighted by molar-refractivity contribution is -0.384. The van der Waals surface area contributed by atoms with Gasteiger partial charge in [-0.2, -0.15) is 0 Å². The van der Waals surface area contributed by atoms with Crippen LogP contribution in [0.4, 0.5) is 16.2 Å². The zero-order valence-electron chi connectivity index (χ0n) is 10.7. The molecule has 0 saturated carbocycles. The van der Waals surface area contributed by atoms with Gasteiger partial charge in [0.1, 0.15) is 5.69 Å². The minimum Gasteiger partial charge on any atom is -0.372 e. The third-order valence-electron chi connectivity index (χ3n) is 2.62. The average Bonchev–Trinajstić information content (AvgIpc) is 2.67. The van der Waals surface area contributed by atoms with Gasteiger partial charge in [0, 0.05) is 20.2 Å². The molecule has 1 saturated heterocycles. The molecule has 0 spiro atoms. The minimum atomic E-state index is -0.487. The molecule has 1 aliphatic heterocycles. The maximum absolute atomic E-state index is 11.4. The summed E-state index contributed by atoms with van der Waals surface area (Å²) in [5.74, 6) is -0.487. The van der Waals surface area contributed by atoms with Crippen molar-refractivity contribution < 1.29 is 14.5 Å². The molecule has 7 nitrogen and oxygen atoms in total. The van der Waals surface area contributed by atoms with Gasteiger partial charge in [-0.1, -0.05) is 6.07 Å². The summed E-state index contributed by atoms with van der Waals surface area (Å²) in [6.07, 6.45) is 1.46. The van der Waals surface area contributed by atoms with E-state index >= 15 is 0 Å². The summed E-state index contributed by atoms with van der Waals surface area (Å²) in [5, 5.41) is 12.7. The molecule has 0 unspecified atom stereocenters. The van der Waals surface area contributed by atoms with Crippen molar-refractivity contribution in [1.82, 2.24) is 5.32 Å². The SMILES string of the molecule is CN(C)c1ccc(C=C2SC(=O)NC2=O)cc1[N+](=O)[O-]. The normalized spacial score (nSPS) is 16.4. The number of nitrogens with zero attached hydrogens (tertiary/aromatic N) is 2. The molecule has 0 atom stereocenters. The molecule has 0 aromatic heterocycles. The third-order valence-corrected chi connectivity index (χ3v) is 3.43. The maximum Gasteiger partial charge on any atom is 0.293 e. The molecule has 1 fully saturated rings. The number of hydrogen-bond acceptors (Lipinski definition) is 6. The Hall–Kier alpha value is -2.35. The van der Waals surface area contributed by atoms with Crippen molar-refractivity contribution in [2.75, 3.05) is 19.0 Å². The molecule has 1 aromatic carbocycles. The molecule has 1 N–H and O–H groups in total. The Bertz CT molecular complexity index is 640. The van der Waals surface area contributed by atoms with Crippen LogP contribution >= 0.6 is 11.8 Å². The van der Waals surface area contributed by atoms with E-state index in [2.05, 4.69) is 5.32 Å². The number of imide groups is 1. The van der Waals surface area contributed by atoms with E-state index in [1.54, 1.807) is 31.1 Å². The van der Waals surface area contributed by atoms with E-state index in [1.165, 1.54) is 12.1 Å². The van der Waals surface area contributed by atoms with E-state index in [4.69, 9.17) is 0 Å². The molecule has 0 bridgehead atoms. The second-order valence-electron chi connectivity index (χ2n) is 4.25. The first-order valence-electron chi connectivity index (χ1n) is 5.59. The van der Waals surface area contributed by atoms with E-state index in [9.17, 15) is 19.7 Å². The zero-order valence-corrected chi connectivity index (χ0v) is 11.6. The van der Waals surface area contributed by atoms with E-state index in [1.807, 2.05) is 0 Å². The van der Waals surface area contributed by atoms with Crippen LogP contribution in [0.3, 0.4) is 0 Å². The molecule has 1 aromatic rings. The number of carbonyl (C=O) groups excluding carboxylic acids is 2. The van der Waals surface area contributed by atoms with Gasteiger partial charge >= 0.3 is 0 Å². The molecular formula is C12H11N3O4S. The first kappa shape index (κ1) is 14.1. The van der Waals surface area contributed by atoms with Crippen LogP contribution in [0, 0.1) is 10.1 Å². The summed E-state index contributed by atoms with van der Waals surface area (Å²) in [4.78, 5) is 34.9. The first-order valence-corrected chi connectivity index (χ1v) is 6.41. The summed E-state index contributed by atoms with van der Waals surface area (Å²) in [5.41, 5.74) is 0.908. The Morgan fingerprint density at radius 1 is 1.35 bits per heavy atom. The van der Waals surface area contributed by atoms with Crippen LogP contribution in [0.5, 0.6) is 0 Å². The number of rotatable bonds is 3. The second kappa shape index (κ2) is 5.33. The van der Waals surface area contributed by atoms with E-state index in [-0.39, 0.29) is 10.6 Å². The number of hydrogen-bond donors (Lipinski definition) is 1. The summed E-state index contributed by atoms with van der Waals surface area (Å²) >= 11 is 0.775. The predicted octanol–water partition coefficient (Wildman–Crippen LogP) is 1.98. The van der Waals surface area contributed by atoms with E-state index < -0.39 is 16.1 Å². The number of amides is 2. The van der Waals surface area contributed by atoms with Crippen LogP contribution in [0.15, 0.2) is 23.1 Å². The highest BCUT2D eigenvalue weighted by atomic mass is 32.2. The fourth-order valence-electron chi connectivity index (χ4n) is 1.73. The zero-order chi connectivity index (χ0) is 14.9. The lowest BCUT2D eigenvalue weighted by Crippen LogP contribution is -2.17. The Morgan fingerprint density at radius 3 is 2.55 bits per heavy atom. The standard InChI is InChI=1S/C12H11N3O4S/c1-14(2)8-4-3-7(5-9(8)15(18)19)6-10-11(16)13-12(17)20-10/h3-6H,1-2H3,(H,13,16,17). The first-order chi connectivity index (χ1) is 9.38. The number of thioether (sulfide) groups is 1. The van der Waals surface area contributed by atoms with Crippen molar-refractivity contribution in [2.24, 2.45) is 0 Å². The summed E-state index contributed by atoms with van der Waals surface area (Å²) in [6.45, 7) is 0. The molecule has 8 heteroatoms. The number of carbonyl (C=O) groups is 2. The molecule has 1 aliphatic rings. The Balaban J connectivity index is 2.42. The van der Waals surface area contributed by atoms with Gasteiger partial charge in [-0.05, 0) is 29.5 Å². The Kier molecular flexibility index (Phi) is 3.75. The van der Waals surface area contributed by atoms with Crippen LogP contribution in [0.2, 0.25) is 0 Å². The Morgan fingerprint density at radius 2 is 2.05 bits per heavy atom. The highest BCUT2D eigenvalue weighted by Crippen LogP contribution is 2.31. The van der Waals surface area contributed by atoms with E-state index in [0.717, 1.165) is 11.8 Å². The molecule has 2 rings (SSSR count). The maximum atomic E-state index is 11.4. The fourth-order valence-corrected chi connectivity index (χ4v) is 2.41. The molecule has 1 heterocycles. The lowest BCUT2D eigenvalue weighted by atomic mass is 10.1. The van der Waals surface area contributed by atoms with Crippen LogP contribution < -0.4 is 10.2 Å². The van der Waals surface area contributed by atoms with Crippen LogP contribution in [-0.4, -0.2) is 30.2 Å². The van der Waals surface area contributed by atoms with Gasteiger partial charge in [0.15, 0.2) is 0 Å². The molecule has 2 amide bonds. The number of anilines is 1. The smallest absolute Gasteiger partial charge is 0.293 e. The van der Waals surface area contributed by atoms with Gasteiger partial charge in [0.05, 0.1) is 9.83 Å². The monoisotopic (exact) mass is 293 g/mol. The van der Waals surface area contributed by atoms with Crippen LogP contribution in [0.1, 0.15) is 5.56 Å². The highest BCUT2D eigenvalue weighted by molar-refractivity contribution is 8.18. The summed E-state index contributed by atoms with van der Waals surface area (Å²) in [7, 11) is 3.42. The van der Waals surface area contributed by atoms with Gasteiger partial charge in [-0.3, -0.25) is 25.0 Å². The largest absolute Gasteiger partial charge is 0.372 e. The molecular weight excluding hydrogens is 282 g/mol. The van der Waals surface area contributed by atoms with Crippen molar-refractivity contribution in [1.29, 1.82) is 0 Å². The average molecular weight is 293 g/mol. The number of benzene rings is 1. The van der Waals surface area contributed by atoms with Crippen molar-refractivity contribution in [3.05, 3.63) is 38.8 Å². The van der Waals surface area contributed by atoms with Crippen molar-refractivity contribution >= 4 is 40.4 Å². The van der Waals surface area contributed by atoms with Gasteiger partial charge < -0.3 is 4.90 Å². The van der Waals surface area contributed by atoms with Crippen molar-refractivity contribution in [3.63, 3.8) is 0 Å². The topological polar surface area (TPSA) is 92.6 Å². The minimum absolute atomic E-state index is 0.0564. The molecule has 0 radical (unpaired) electrons. The van der Waals surface area contributed by atoms with Crippen molar-refractivity contribution in [2.45, 2.75) is 0 Å². The third kappa shape index (κ3) is 2.80. The highest BCUT2D eigenvalue weighted by Gasteiger charge is 2.25. The van der Waals surface area contributed by atoms with Crippen LogP contribution in [0.25, 0.3) is 6.08 Å². The fraction of sp³-hybridized carbons (Fsp3) is 0.167. The second-order valence-corrected chi connectivity index (χ2v) is 5.27. The van der Waals surface area contributed by atoms with E-state index in [0.29, 0.717) is 11.3 Å². The number of nitro benzene ring substituents is 1. The van der Waals surface area contributed by atoms with Gasteiger partial charge in [-0.15, -0.1) is 0 Å². The number of nitro groups is 1. The molecule has 104 valence electrons. The lowest BCUT2D eigenvalue weighted by Gasteiger charge is -2.12. The number of nitrogens with one attached hydrogen (secondary N) is 1. The van der Waals surface area contributed by atoms with Gasteiger partial charge in [0.2, 0.25) is 0 Å². The summed E-state index contributed by atoms with van der Waals surface area (Å²) in [6, 6.07) is 4.63. The molecule has 20 heavy (non-hydrogen) atoms. The van der Waals surface area contributed by atoms with Gasteiger partial charge in [0.25, 0.3) is 16.8 Å². The summed E-state index contributed by atoms with van der Waals surface area (Å²) < 4.78 is 0.